The summed E-state index contributed by atoms with van der Waals surface area (Å²) in [4.78, 5) is 37.3. The van der Waals surface area contributed by atoms with Gasteiger partial charge in [-0.15, -0.1) is 22.7 Å². The largest absolute Gasteiger partial charge is 0.444 e. The van der Waals surface area contributed by atoms with Crippen LogP contribution in [0.3, 0.4) is 0 Å². The van der Waals surface area contributed by atoms with Gasteiger partial charge in [-0.1, -0.05) is 0 Å². The van der Waals surface area contributed by atoms with Crippen LogP contribution < -0.4 is 16.0 Å². The van der Waals surface area contributed by atoms with Gasteiger partial charge in [0.1, 0.15) is 21.1 Å². The number of hydrogen-bond acceptors (Lipinski definition) is 9. The third-order valence-corrected chi connectivity index (χ3v) is 8.12. The number of rotatable bonds is 6. The van der Waals surface area contributed by atoms with Crippen molar-refractivity contribution >= 4 is 49.9 Å². The molecule has 0 bridgehead atoms. The number of fused-ring (bicyclic) bond motifs is 2. The maximum Gasteiger partial charge on any atom is 0.410 e. The van der Waals surface area contributed by atoms with Crippen LogP contribution >= 0.6 is 22.7 Å². The predicted molar refractivity (Wildman–Crippen MR) is 139 cm³/mol. The Kier molecular flexibility index (Phi) is 6.75. The van der Waals surface area contributed by atoms with Gasteiger partial charge in [0.25, 0.3) is 0 Å². The summed E-state index contributed by atoms with van der Waals surface area (Å²) in [5, 5.41) is 11.4. The lowest BCUT2D eigenvalue weighted by molar-refractivity contribution is -0.116. The Hall–Kier alpha value is -2.60. The number of carbonyl (C=O) groups excluding carboxylic acids is 2. The Bertz CT molecular complexity index is 1210. The van der Waals surface area contributed by atoms with E-state index < -0.39 is 5.60 Å². The van der Waals surface area contributed by atoms with Crippen molar-refractivity contribution in [2.75, 3.05) is 31.5 Å². The number of aromatic nitrogens is 2. The van der Waals surface area contributed by atoms with Crippen molar-refractivity contribution in [1.29, 1.82) is 0 Å². The lowest BCUT2D eigenvalue weighted by Crippen LogP contribution is -2.55. The summed E-state index contributed by atoms with van der Waals surface area (Å²) >= 11 is 3.12. The van der Waals surface area contributed by atoms with Gasteiger partial charge in [0, 0.05) is 55.3 Å². The molecule has 2 amide bonds. The highest BCUT2D eigenvalue weighted by atomic mass is 32.1. The molecule has 11 heteroatoms. The van der Waals surface area contributed by atoms with Gasteiger partial charge in [-0.2, -0.15) is 0 Å². The van der Waals surface area contributed by atoms with E-state index in [0.717, 1.165) is 49.3 Å². The summed E-state index contributed by atoms with van der Waals surface area (Å²) < 4.78 is 6.64. The van der Waals surface area contributed by atoms with Gasteiger partial charge in [0.15, 0.2) is 0 Å². The van der Waals surface area contributed by atoms with E-state index in [1.165, 1.54) is 11.3 Å². The van der Waals surface area contributed by atoms with Crippen LogP contribution in [0.15, 0.2) is 18.5 Å². The number of thiophene rings is 1. The van der Waals surface area contributed by atoms with Crippen LogP contribution in [0.25, 0.3) is 20.8 Å². The molecule has 0 aromatic carbocycles. The highest BCUT2D eigenvalue weighted by molar-refractivity contribution is 7.22. The third-order valence-electron chi connectivity index (χ3n) is 5.93. The highest BCUT2D eigenvalue weighted by Crippen LogP contribution is 2.45. The van der Waals surface area contributed by atoms with Gasteiger partial charge >= 0.3 is 6.09 Å². The molecule has 1 fully saturated rings. The second kappa shape index (κ2) is 9.81. The van der Waals surface area contributed by atoms with E-state index in [1.54, 1.807) is 28.6 Å². The monoisotopic (exact) mass is 514 g/mol. The average Bonchev–Trinajstić information content (AvgIpc) is 3.34. The molecule has 5 heterocycles. The quantitative estimate of drug-likeness (QED) is 0.461. The van der Waals surface area contributed by atoms with Crippen LogP contribution in [0, 0.1) is 0 Å². The van der Waals surface area contributed by atoms with Crippen molar-refractivity contribution in [1.82, 2.24) is 25.5 Å². The van der Waals surface area contributed by atoms with Crippen LogP contribution in [0.4, 0.5) is 9.80 Å². The van der Waals surface area contributed by atoms with Gasteiger partial charge in [-0.05, 0) is 38.8 Å². The van der Waals surface area contributed by atoms with Crippen molar-refractivity contribution in [3.8, 4) is 10.6 Å². The van der Waals surface area contributed by atoms with E-state index in [2.05, 4.69) is 20.9 Å². The van der Waals surface area contributed by atoms with E-state index >= 15 is 0 Å². The smallest absolute Gasteiger partial charge is 0.410 e. The zero-order valence-corrected chi connectivity index (χ0v) is 21.8. The first-order valence-electron chi connectivity index (χ1n) is 11.8. The van der Waals surface area contributed by atoms with Crippen molar-refractivity contribution in [3.05, 3.63) is 28.9 Å². The number of anilines is 1. The number of nitrogens with one attached hydrogen (secondary N) is 3. The fourth-order valence-corrected chi connectivity index (χ4v) is 6.46. The van der Waals surface area contributed by atoms with Gasteiger partial charge in [-0.3, -0.25) is 9.78 Å². The number of carbonyl (C=O) groups is 2. The van der Waals surface area contributed by atoms with E-state index in [9.17, 15) is 9.59 Å². The zero-order valence-electron chi connectivity index (χ0n) is 20.1. The van der Waals surface area contributed by atoms with E-state index in [4.69, 9.17) is 9.72 Å². The Balaban J connectivity index is 1.40. The number of thiazole rings is 1. The molecule has 3 N–H and O–H groups in total. The first-order valence-corrected chi connectivity index (χ1v) is 13.5. The summed E-state index contributed by atoms with van der Waals surface area (Å²) in [7, 11) is 0. The molecular formula is C24H30N6O3S2. The topological polar surface area (TPSA) is 108 Å². The molecule has 2 aliphatic rings. The molecule has 9 nitrogen and oxygen atoms in total. The second-order valence-corrected chi connectivity index (χ2v) is 12.0. The minimum Gasteiger partial charge on any atom is -0.444 e. The standard InChI is InChI=1S/C24H30N6O3S2/c1-24(2,3)33-23(32)30-9-6-15-18(13-30)35-22(29-19(31)5-8-27-14-10-26-11-14)20(15)21-28-16-12-25-7-4-17(16)34-21/h4,7,12,14,26-27H,5-6,8-11,13H2,1-3H3,(H,29,31). The van der Waals surface area contributed by atoms with Crippen molar-refractivity contribution < 1.29 is 14.3 Å². The van der Waals surface area contributed by atoms with Crippen LogP contribution in [0.2, 0.25) is 0 Å². The van der Waals surface area contributed by atoms with Crippen molar-refractivity contribution in [2.45, 2.75) is 51.8 Å². The Morgan fingerprint density at radius 1 is 1.29 bits per heavy atom. The number of amides is 2. The number of ether oxygens (including phenoxy) is 1. The summed E-state index contributed by atoms with van der Waals surface area (Å²) in [5.41, 5.74) is 2.42. The van der Waals surface area contributed by atoms with Crippen molar-refractivity contribution in [3.63, 3.8) is 0 Å². The molecule has 0 saturated carbocycles. The first kappa shape index (κ1) is 24.1. The number of hydrogen-bond donors (Lipinski definition) is 3. The molecule has 5 rings (SSSR count). The summed E-state index contributed by atoms with van der Waals surface area (Å²) in [5.74, 6) is -0.0311. The Morgan fingerprint density at radius 2 is 2.11 bits per heavy atom. The van der Waals surface area contributed by atoms with E-state index in [-0.39, 0.29) is 12.0 Å². The molecule has 1 saturated heterocycles. The lowest BCUT2D eigenvalue weighted by Gasteiger charge is -2.30. The average molecular weight is 515 g/mol. The minimum absolute atomic E-state index is 0.0311. The first-order chi connectivity index (χ1) is 16.8. The lowest BCUT2D eigenvalue weighted by atomic mass is 10.0. The molecule has 35 heavy (non-hydrogen) atoms. The molecule has 186 valence electrons. The zero-order chi connectivity index (χ0) is 24.6. The maximum absolute atomic E-state index is 12.8. The van der Waals surface area contributed by atoms with E-state index in [1.807, 2.05) is 26.8 Å². The molecule has 2 aliphatic heterocycles. The second-order valence-electron chi connectivity index (χ2n) is 9.83. The van der Waals surface area contributed by atoms with Crippen LogP contribution in [-0.2, 0) is 22.5 Å². The van der Waals surface area contributed by atoms with Crippen LogP contribution in [-0.4, -0.2) is 64.7 Å². The molecule has 0 aliphatic carbocycles. The third kappa shape index (κ3) is 5.48. The minimum atomic E-state index is -0.546. The van der Waals surface area contributed by atoms with Crippen LogP contribution in [0.5, 0.6) is 0 Å². The summed E-state index contributed by atoms with van der Waals surface area (Å²) in [6, 6.07) is 2.40. The van der Waals surface area contributed by atoms with Gasteiger partial charge < -0.3 is 25.6 Å². The van der Waals surface area contributed by atoms with Crippen LogP contribution in [0.1, 0.15) is 37.6 Å². The fourth-order valence-electron chi connectivity index (χ4n) is 4.10. The molecule has 3 aromatic heterocycles. The normalized spacial score (nSPS) is 16.1. The van der Waals surface area contributed by atoms with Crippen molar-refractivity contribution in [2.24, 2.45) is 0 Å². The fraction of sp³-hybridized carbons (Fsp3) is 0.500. The molecule has 0 spiro atoms. The molecule has 3 aromatic rings. The van der Waals surface area contributed by atoms with Gasteiger partial charge in [-0.25, -0.2) is 9.78 Å². The number of pyridine rings is 1. The molecule has 0 atom stereocenters. The molecule has 0 unspecified atom stereocenters. The molecule has 0 radical (unpaired) electrons. The van der Waals surface area contributed by atoms with Gasteiger partial charge in [0.05, 0.1) is 17.4 Å². The summed E-state index contributed by atoms with van der Waals surface area (Å²) in [6.07, 6.45) is 4.29. The SMILES string of the molecule is CC(C)(C)OC(=O)N1CCc2c(sc(NC(=O)CCNC3CNC3)c2-c2nc3cnccc3s2)C1. The molecular weight excluding hydrogens is 484 g/mol. The highest BCUT2D eigenvalue weighted by Gasteiger charge is 2.31. The van der Waals surface area contributed by atoms with E-state index in [0.29, 0.717) is 38.5 Å². The Morgan fingerprint density at radius 3 is 2.83 bits per heavy atom. The Labute approximate surface area is 212 Å². The summed E-state index contributed by atoms with van der Waals surface area (Å²) in [6.45, 7) is 9.16. The van der Waals surface area contributed by atoms with Gasteiger partial charge in [0.2, 0.25) is 5.91 Å². The maximum atomic E-state index is 12.8. The number of nitrogens with zero attached hydrogens (tertiary/aromatic N) is 3. The predicted octanol–water partition coefficient (Wildman–Crippen LogP) is 3.60.